The largest absolute Gasteiger partial charge is 0.481 e. The maximum Gasteiger partial charge on any atom is 0.305 e. The number of nitrogens with zero attached hydrogens (tertiary/aromatic N) is 1. The van der Waals surface area contributed by atoms with Crippen LogP contribution in [0.1, 0.15) is 23.7 Å². The van der Waals surface area contributed by atoms with Crippen molar-refractivity contribution in [1.29, 1.82) is 0 Å². The van der Waals surface area contributed by atoms with Crippen LogP contribution in [0.25, 0.3) is 0 Å². The number of rotatable bonds is 5. The zero-order valence-electron chi connectivity index (χ0n) is 9.62. The highest BCUT2D eigenvalue weighted by atomic mass is 16.6. The minimum absolute atomic E-state index is 0.106. The molecule has 1 unspecified atom stereocenters. The Morgan fingerprint density at radius 1 is 1.39 bits per heavy atom. The average Bonchev–Trinajstić information content (AvgIpc) is 2.27. The summed E-state index contributed by atoms with van der Waals surface area (Å²) in [5.41, 5.74) is 0.142. The summed E-state index contributed by atoms with van der Waals surface area (Å²) in [6.07, 6.45) is -0.182. The molecule has 0 saturated heterocycles. The van der Waals surface area contributed by atoms with Crippen LogP contribution in [-0.4, -0.2) is 27.9 Å². The minimum Gasteiger partial charge on any atom is -0.481 e. The van der Waals surface area contributed by atoms with Crippen molar-refractivity contribution in [3.05, 3.63) is 39.9 Å². The van der Waals surface area contributed by atoms with Crippen LogP contribution in [0.3, 0.4) is 0 Å². The van der Waals surface area contributed by atoms with Crippen LogP contribution in [0, 0.1) is 10.1 Å². The molecule has 1 rings (SSSR count). The van der Waals surface area contributed by atoms with E-state index in [1.165, 1.54) is 24.3 Å². The summed E-state index contributed by atoms with van der Waals surface area (Å²) in [5.74, 6) is -1.47. The second-order valence-electron chi connectivity index (χ2n) is 3.78. The van der Waals surface area contributed by atoms with Gasteiger partial charge >= 0.3 is 5.97 Å². The molecule has 0 radical (unpaired) electrons. The number of carboxylic acid groups (broad SMARTS) is 1. The summed E-state index contributed by atoms with van der Waals surface area (Å²) in [5, 5.41) is 21.4. The predicted molar refractivity (Wildman–Crippen MR) is 62.3 cm³/mol. The zero-order chi connectivity index (χ0) is 13.7. The molecule has 0 bridgehead atoms. The van der Waals surface area contributed by atoms with Crippen molar-refractivity contribution in [1.82, 2.24) is 5.32 Å². The highest BCUT2D eigenvalue weighted by Crippen LogP contribution is 2.11. The van der Waals surface area contributed by atoms with E-state index in [-0.39, 0.29) is 17.7 Å². The molecule has 2 N–H and O–H groups in total. The molecule has 7 heteroatoms. The van der Waals surface area contributed by atoms with Crippen LogP contribution in [0.5, 0.6) is 0 Å². The summed E-state index contributed by atoms with van der Waals surface area (Å²) in [4.78, 5) is 31.9. The molecule has 0 aliphatic heterocycles. The van der Waals surface area contributed by atoms with E-state index in [9.17, 15) is 19.7 Å². The molecular weight excluding hydrogens is 240 g/mol. The lowest BCUT2D eigenvalue weighted by Gasteiger charge is -2.11. The van der Waals surface area contributed by atoms with E-state index < -0.39 is 22.8 Å². The van der Waals surface area contributed by atoms with Crippen molar-refractivity contribution in [2.45, 2.75) is 19.4 Å². The van der Waals surface area contributed by atoms with Gasteiger partial charge in [-0.05, 0) is 19.1 Å². The van der Waals surface area contributed by atoms with Gasteiger partial charge in [-0.25, -0.2) is 0 Å². The molecule has 0 saturated carbocycles. The SMILES string of the molecule is CC(CC(=O)O)NC(=O)c1ccc([N+](=O)[O-])cc1. The standard InChI is InChI=1S/C11H12N2O5/c1-7(6-10(14)15)12-11(16)8-2-4-9(5-3-8)13(17)18/h2-5,7H,6H2,1H3,(H,12,16)(H,14,15). The van der Waals surface area contributed by atoms with Gasteiger partial charge in [-0.1, -0.05) is 0 Å². The molecule has 1 amide bonds. The summed E-state index contributed by atoms with van der Waals surface area (Å²) in [6.45, 7) is 1.57. The molecule has 0 spiro atoms. The third kappa shape index (κ3) is 3.85. The number of aliphatic carboxylic acids is 1. The Morgan fingerprint density at radius 2 is 1.94 bits per heavy atom. The smallest absolute Gasteiger partial charge is 0.305 e. The molecule has 1 atom stereocenters. The van der Waals surface area contributed by atoms with Gasteiger partial charge in [0.05, 0.1) is 11.3 Å². The highest BCUT2D eigenvalue weighted by molar-refractivity contribution is 5.94. The van der Waals surface area contributed by atoms with Crippen LogP contribution in [0.2, 0.25) is 0 Å². The number of carboxylic acids is 1. The molecule has 0 heterocycles. The number of nitro benzene ring substituents is 1. The lowest BCUT2D eigenvalue weighted by atomic mass is 10.1. The van der Waals surface area contributed by atoms with E-state index in [1.807, 2.05) is 0 Å². The Morgan fingerprint density at radius 3 is 2.39 bits per heavy atom. The second-order valence-corrected chi connectivity index (χ2v) is 3.78. The zero-order valence-corrected chi connectivity index (χ0v) is 9.62. The van der Waals surface area contributed by atoms with Crippen molar-refractivity contribution in [3.63, 3.8) is 0 Å². The molecule has 1 aromatic carbocycles. The van der Waals surface area contributed by atoms with Gasteiger partial charge in [-0.15, -0.1) is 0 Å². The van der Waals surface area contributed by atoms with Gasteiger partial charge in [-0.2, -0.15) is 0 Å². The van der Waals surface area contributed by atoms with Gasteiger partial charge in [0.1, 0.15) is 0 Å². The summed E-state index contributed by atoms with van der Waals surface area (Å²) < 4.78 is 0. The maximum atomic E-state index is 11.6. The maximum absolute atomic E-state index is 11.6. The molecular formula is C11H12N2O5. The number of carbonyl (C=O) groups is 2. The number of carbonyl (C=O) groups excluding carboxylic acids is 1. The Labute approximate surface area is 103 Å². The monoisotopic (exact) mass is 252 g/mol. The molecule has 0 aliphatic rings. The van der Waals surface area contributed by atoms with E-state index in [0.717, 1.165) is 0 Å². The van der Waals surface area contributed by atoms with Crippen LogP contribution in [-0.2, 0) is 4.79 Å². The summed E-state index contributed by atoms with van der Waals surface area (Å²) in [6, 6.07) is 4.57. The van der Waals surface area contributed by atoms with Gasteiger partial charge in [0.15, 0.2) is 0 Å². The number of hydrogen-bond acceptors (Lipinski definition) is 4. The Hall–Kier alpha value is -2.44. The molecule has 0 aliphatic carbocycles. The average molecular weight is 252 g/mol. The van der Waals surface area contributed by atoms with Crippen molar-refractivity contribution in [2.75, 3.05) is 0 Å². The summed E-state index contributed by atoms with van der Waals surface area (Å²) in [7, 11) is 0. The highest BCUT2D eigenvalue weighted by Gasteiger charge is 2.13. The lowest BCUT2D eigenvalue weighted by molar-refractivity contribution is -0.384. The topological polar surface area (TPSA) is 110 Å². The van der Waals surface area contributed by atoms with Crippen molar-refractivity contribution >= 4 is 17.6 Å². The first-order chi connectivity index (χ1) is 8.40. The number of benzene rings is 1. The summed E-state index contributed by atoms with van der Waals surface area (Å²) >= 11 is 0. The quantitative estimate of drug-likeness (QED) is 0.604. The molecule has 7 nitrogen and oxygen atoms in total. The number of nitrogens with one attached hydrogen (secondary N) is 1. The van der Waals surface area contributed by atoms with Crippen LogP contribution in [0.4, 0.5) is 5.69 Å². The third-order valence-electron chi connectivity index (χ3n) is 2.20. The van der Waals surface area contributed by atoms with Crippen molar-refractivity contribution < 1.29 is 19.6 Å². The van der Waals surface area contributed by atoms with Gasteiger partial charge < -0.3 is 10.4 Å². The molecule has 96 valence electrons. The molecule has 0 fully saturated rings. The Kier molecular flexibility index (Phi) is 4.36. The van der Waals surface area contributed by atoms with E-state index in [1.54, 1.807) is 6.92 Å². The van der Waals surface area contributed by atoms with Crippen LogP contribution >= 0.6 is 0 Å². The molecule has 1 aromatic rings. The predicted octanol–water partition coefficient (Wildman–Crippen LogP) is 1.19. The van der Waals surface area contributed by atoms with Crippen LogP contribution < -0.4 is 5.32 Å². The normalized spacial score (nSPS) is 11.6. The van der Waals surface area contributed by atoms with Gasteiger partial charge in [0.2, 0.25) is 0 Å². The van der Waals surface area contributed by atoms with E-state index in [0.29, 0.717) is 0 Å². The van der Waals surface area contributed by atoms with Gasteiger partial charge in [-0.3, -0.25) is 19.7 Å². The molecule has 18 heavy (non-hydrogen) atoms. The third-order valence-corrected chi connectivity index (χ3v) is 2.20. The van der Waals surface area contributed by atoms with E-state index >= 15 is 0 Å². The fourth-order valence-electron chi connectivity index (χ4n) is 1.35. The number of hydrogen-bond donors (Lipinski definition) is 2. The van der Waals surface area contributed by atoms with Crippen molar-refractivity contribution in [3.8, 4) is 0 Å². The first kappa shape index (κ1) is 13.6. The minimum atomic E-state index is -1.01. The first-order valence-corrected chi connectivity index (χ1v) is 5.17. The Bertz CT molecular complexity index is 469. The van der Waals surface area contributed by atoms with Gasteiger partial charge in [0.25, 0.3) is 11.6 Å². The van der Waals surface area contributed by atoms with Crippen LogP contribution in [0.15, 0.2) is 24.3 Å². The number of non-ortho nitro benzene ring substituents is 1. The van der Waals surface area contributed by atoms with E-state index in [2.05, 4.69) is 5.32 Å². The second kappa shape index (κ2) is 5.76. The number of amides is 1. The number of nitro groups is 1. The Balaban J connectivity index is 2.67. The fourth-order valence-corrected chi connectivity index (χ4v) is 1.35. The van der Waals surface area contributed by atoms with Crippen molar-refractivity contribution in [2.24, 2.45) is 0 Å². The van der Waals surface area contributed by atoms with Gasteiger partial charge in [0, 0.05) is 23.7 Å². The van der Waals surface area contributed by atoms with E-state index in [4.69, 9.17) is 5.11 Å². The molecule has 0 aromatic heterocycles. The fraction of sp³-hybridized carbons (Fsp3) is 0.273. The first-order valence-electron chi connectivity index (χ1n) is 5.17. The lowest BCUT2D eigenvalue weighted by Crippen LogP contribution is -2.34.